The summed E-state index contributed by atoms with van der Waals surface area (Å²) in [5, 5.41) is 3.24. The molecule has 0 unspecified atom stereocenters. The van der Waals surface area contributed by atoms with Crippen LogP contribution in [0.3, 0.4) is 0 Å². The van der Waals surface area contributed by atoms with Crippen molar-refractivity contribution in [3.05, 3.63) is 21.6 Å². The first kappa shape index (κ1) is 12.1. The van der Waals surface area contributed by atoms with Gasteiger partial charge in [-0.2, -0.15) is 0 Å². The molecule has 0 aromatic carbocycles. The van der Waals surface area contributed by atoms with Gasteiger partial charge < -0.3 is 0 Å². The fourth-order valence-corrected chi connectivity index (χ4v) is 1.83. The van der Waals surface area contributed by atoms with Crippen molar-refractivity contribution in [1.29, 1.82) is 0 Å². The van der Waals surface area contributed by atoms with Gasteiger partial charge in [-0.3, -0.25) is 14.6 Å². The second kappa shape index (κ2) is 5.19. The Hall–Kier alpha value is -0.990. The van der Waals surface area contributed by atoms with Gasteiger partial charge >= 0.3 is 0 Å². The second-order valence-electron chi connectivity index (χ2n) is 4.32. The Balaban J connectivity index is 3.04. The van der Waals surface area contributed by atoms with Crippen LogP contribution in [0.15, 0.2) is 4.79 Å². The topological polar surface area (TPSA) is 37.8 Å². The molecule has 1 aromatic heterocycles. The lowest BCUT2D eigenvalue weighted by atomic mass is 10.0. The van der Waals surface area contributed by atoms with Crippen molar-refractivity contribution in [2.75, 3.05) is 0 Å². The molecular formula is C12H22N2O. The third-order valence-corrected chi connectivity index (χ3v) is 2.75. The third kappa shape index (κ3) is 2.52. The molecule has 1 N–H and O–H groups in total. The third-order valence-electron chi connectivity index (χ3n) is 2.75. The lowest BCUT2D eigenvalue weighted by molar-refractivity contribution is 0.547. The van der Waals surface area contributed by atoms with Crippen LogP contribution in [0.5, 0.6) is 0 Å². The van der Waals surface area contributed by atoms with Crippen LogP contribution < -0.4 is 5.56 Å². The zero-order valence-corrected chi connectivity index (χ0v) is 10.3. The molecule has 0 saturated carbocycles. The standard InChI is InChI=1S/C12H22N2O/c1-5-7-8-14-12(15)10(6-2)11(13-14)9(3)4/h9,13H,5-8H2,1-4H3. The fraction of sp³-hybridized carbons (Fsp3) is 0.750. The second-order valence-corrected chi connectivity index (χ2v) is 4.32. The first-order valence-corrected chi connectivity index (χ1v) is 5.93. The van der Waals surface area contributed by atoms with Crippen LogP contribution in [0.2, 0.25) is 0 Å². The Bertz CT molecular complexity index is 360. The molecule has 0 bridgehead atoms. The molecule has 1 rings (SSSR count). The van der Waals surface area contributed by atoms with Gasteiger partial charge in [-0.1, -0.05) is 34.1 Å². The summed E-state index contributed by atoms with van der Waals surface area (Å²) in [7, 11) is 0. The number of aromatic amines is 1. The van der Waals surface area contributed by atoms with Crippen LogP contribution in [0.4, 0.5) is 0 Å². The number of rotatable bonds is 5. The van der Waals surface area contributed by atoms with Crippen LogP contribution in [-0.2, 0) is 13.0 Å². The van der Waals surface area contributed by atoms with E-state index in [1.165, 1.54) is 0 Å². The first-order valence-electron chi connectivity index (χ1n) is 5.93. The van der Waals surface area contributed by atoms with E-state index >= 15 is 0 Å². The normalized spacial score (nSPS) is 11.3. The molecule has 0 saturated heterocycles. The van der Waals surface area contributed by atoms with E-state index in [1.54, 1.807) is 4.68 Å². The Morgan fingerprint density at radius 2 is 2.00 bits per heavy atom. The summed E-state index contributed by atoms with van der Waals surface area (Å²) in [4.78, 5) is 12.0. The highest BCUT2D eigenvalue weighted by atomic mass is 16.1. The fourth-order valence-electron chi connectivity index (χ4n) is 1.83. The van der Waals surface area contributed by atoms with Crippen molar-refractivity contribution in [3.8, 4) is 0 Å². The molecule has 3 nitrogen and oxygen atoms in total. The molecule has 86 valence electrons. The van der Waals surface area contributed by atoms with Gasteiger partial charge in [-0.25, -0.2) is 0 Å². The van der Waals surface area contributed by atoms with Gasteiger partial charge in [0.25, 0.3) is 5.56 Å². The molecule has 15 heavy (non-hydrogen) atoms. The van der Waals surface area contributed by atoms with Crippen LogP contribution >= 0.6 is 0 Å². The summed E-state index contributed by atoms with van der Waals surface area (Å²) in [5.74, 6) is 0.399. The lowest BCUT2D eigenvalue weighted by Crippen LogP contribution is -2.18. The van der Waals surface area contributed by atoms with Crippen molar-refractivity contribution in [1.82, 2.24) is 9.78 Å². The summed E-state index contributed by atoms with van der Waals surface area (Å²) in [6.45, 7) is 9.23. The molecule has 3 heteroatoms. The number of hydrogen-bond acceptors (Lipinski definition) is 1. The van der Waals surface area contributed by atoms with Gasteiger partial charge in [0.15, 0.2) is 0 Å². The van der Waals surface area contributed by atoms with Crippen molar-refractivity contribution in [2.24, 2.45) is 0 Å². The number of unbranched alkanes of at least 4 members (excludes halogenated alkanes) is 1. The zero-order chi connectivity index (χ0) is 11.4. The van der Waals surface area contributed by atoms with E-state index < -0.39 is 0 Å². The van der Waals surface area contributed by atoms with Crippen LogP contribution in [0.25, 0.3) is 0 Å². The Morgan fingerprint density at radius 3 is 2.40 bits per heavy atom. The van der Waals surface area contributed by atoms with Crippen LogP contribution in [-0.4, -0.2) is 9.78 Å². The molecular weight excluding hydrogens is 188 g/mol. The van der Waals surface area contributed by atoms with E-state index in [4.69, 9.17) is 0 Å². The first-order chi connectivity index (χ1) is 7.11. The average Bonchev–Trinajstić information content (AvgIpc) is 2.52. The molecule has 0 aliphatic rings. The van der Waals surface area contributed by atoms with Crippen molar-refractivity contribution in [3.63, 3.8) is 0 Å². The summed E-state index contributed by atoms with van der Waals surface area (Å²) in [5.41, 5.74) is 2.24. The highest BCUT2D eigenvalue weighted by molar-refractivity contribution is 5.20. The smallest absolute Gasteiger partial charge is 0.269 e. The largest absolute Gasteiger partial charge is 0.299 e. The van der Waals surface area contributed by atoms with Gasteiger partial charge in [0.05, 0.1) is 0 Å². The number of hydrogen-bond donors (Lipinski definition) is 1. The van der Waals surface area contributed by atoms with Crippen LogP contribution in [0, 0.1) is 0 Å². The Kier molecular flexibility index (Phi) is 4.18. The maximum Gasteiger partial charge on any atom is 0.269 e. The molecule has 0 radical (unpaired) electrons. The van der Waals surface area contributed by atoms with Gasteiger partial charge in [0.1, 0.15) is 0 Å². The van der Waals surface area contributed by atoms with Crippen molar-refractivity contribution >= 4 is 0 Å². The Labute approximate surface area is 91.5 Å². The molecule has 0 aliphatic heterocycles. The molecule has 0 atom stereocenters. The van der Waals surface area contributed by atoms with E-state index in [2.05, 4.69) is 25.9 Å². The average molecular weight is 210 g/mol. The minimum atomic E-state index is 0.176. The maximum absolute atomic E-state index is 12.0. The number of nitrogens with zero attached hydrogens (tertiary/aromatic N) is 1. The number of aromatic nitrogens is 2. The van der Waals surface area contributed by atoms with Gasteiger partial charge in [0.2, 0.25) is 0 Å². The van der Waals surface area contributed by atoms with E-state index in [1.807, 2.05) is 6.92 Å². The summed E-state index contributed by atoms with van der Waals surface area (Å²) in [6, 6.07) is 0. The van der Waals surface area contributed by atoms with Gasteiger partial charge in [-0.05, 0) is 18.8 Å². The van der Waals surface area contributed by atoms with E-state index in [9.17, 15) is 4.79 Å². The zero-order valence-electron chi connectivity index (χ0n) is 10.3. The maximum atomic E-state index is 12.0. The minimum Gasteiger partial charge on any atom is -0.299 e. The van der Waals surface area contributed by atoms with Crippen LogP contribution in [0.1, 0.15) is 57.7 Å². The summed E-state index contributed by atoms with van der Waals surface area (Å²) >= 11 is 0. The SMILES string of the molecule is CCCCn1[nH]c(C(C)C)c(CC)c1=O. The van der Waals surface area contributed by atoms with Crippen molar-refractivity contribution in [2.45, 2.75) is 59.4 Å². The summed E-state index contributed by atoms with van der Waals surface area (Å²) < 4.78 is 1.76. The van der Waals surface area contributed by atoms with E-state index in [0.29, 0.717) is 5.92 Å². The Morgan fingerprint density at radius 1 is 1.33 bits per heavy atom. The molecule has 0 spiro atoms. The monoisotopic (exact) mass is 210 g/mol. The van der Waals surface area contributed by atoms with E-state index in [0.717, 1.165) is 37.1 Å². The minimum absolute atomic E-state index is 0.176. The summed E-state index contributed by atoms with van der Waals surface area (Å²) in [6.07, 6.45) is 2.99. The molecule has 0 amide bonds. The number of H-pyrrole nitrogens is 1. The van der Waals surface area contributed by atoms with Gasteiger partial charge in [0, 0.05) is 17.8 Å². The highest BCUT2D eigenvalue weighted by Gasteiger charge is 2.14. The predicted molar refractivity (Wildman–Crippen MR) is 63.4 cm³/mol. The molecule has 1 aromatic rings. The predicted octanol–water partition coefficient (Wildman–Crippen LogP) is 2.66. The van der Waals surface area contributed by atoms with Gasteiger partial charge in [-0.15, -0.1) is 0 Å². The molecule has 1 heterocycles. The number of nitrogens with one attached hydrogen (secondary N) is 1. The highest BCUT2D eigenvalue weighted by Crippen LogP contribution is 2.14. The molecule has 0 fully saturated rings. The van der Waals surface area contributed by atoms with E-state index in [-0.39, 0.29) is 5.56 Å². The lowest BCUT2D eigenvalue weighted by Gasteiger charge is -2.03. The number of aryl methyl sites for hydroxylation is 1. The van der Waals surface area contributed by atoms with Crippen molar-refractivity contribution < 1.29 is 0 Å². The molecule has 0 aliphatic carbocycles. The quantitative estimate of drug-likeness (QED) is 0.797.